The summed E-state index contributed by atoms with van der Waals surface area (Å²) in [5, 5.41) is 1.42. The van der Waals surface area contributed by atoms with Gasteiger partial charge in [0, 0.05) is 18.0 Å². The summed E-state index contributed by atoms with van der Waals surface area (Å²) in [6.07, 6.45) is 2.83. The molecule has 0 fully saturated rings. The standard InChI is InChI=1S/C20H11ClFN3O4S/c21-12-9-14-11(8-13(12)22)16(18(26)25(14)20(23)28)17(15-2-1-7-30-15)29-19(27)10-3-5-24-6-4-10/h1-9H,(H2,23,28)/b17-16-. The lowest BCUT2D eigenvalue weighted by Crippen LogP contribution is -2.38. The summed E-state index contributed by atoms with van der Waals surface area (Å²) in [6.45, 7) is 0. The first kappa shape index (κ1) is 19.7. The molecule has 0 spiro atoms. The summed E-state index contributed by atoms with van der Waals surface area (Å²) in [4.78, 5) is 42.6. The van der Waals surface area contributed by atoms with Gasteiger partial charge in [-0.25, -0.2) is 18.9 Å². The van der Waals surface area contributed by atoms with E-state index in [2.05, 4.69) is 4.98 Å². The predicted octanol–water partition coefficient (Wildman–Crippen LogP) is 4.09. The highest BCUT2D eigenvalue weighted by molar-refractivity contribution is 7.11. The van der Waals surface area contributed by atoms with E-state index < -0.39 is 23.7 Å². The zero-order chi connectivity index (χ0) is 21.4. The van der Waals surface area contributed by atoms with Gasteiger partial charge in [0.15, 0.2) is 5.76 Å². The summed E-state index contributed by atoms with van der Waals surface area (Å²) < 4.78 is 19.8. The molecule has 1 aliphatic heterocycles. The van der Waals surface area contributed by atoms with Crippen LogP contribution in [0.5, 0.6) is 0 Å². The summed E-state index contributed by atoms with van der Waals surface area (Å²) in [6, 6.07) is 7.25. The average molecular weight is 444 g/mol. The minimum absolute atomic E-state index is 0.00270. The van der Waals surface area contributed by atoms with Crippen LogP contribution < -0.4 is 10.6 Å². The Labute approximate surface area is 178 Å². The molecule has 0 bridgehead atoms. The number of hydrogen-bond acceptors (Lipinski definition) is 6. The minimum Gasteiger partial charge on any atom is -0.421 e. The topological polar surface area (TPSA) is 103 Å². The van der Waals surface area contributed by atoms with Crippen molar-refractivity contribution in [2.24, 2.45) is 5.73 Å². The average Bonchev–Trinajstić information content (AvgIpc) is 3.34. The molecule has 7 nitrogen and oxygen atoms in total. The van der Waals surface area contributed by atoms with E-state index in [-0.39, 0.29) is 33.2 Å². The number of halogens is 2. The van der Waals surface area contributed by atoms with Gasteiger partial charge in [-0.05, 0) is 35.7 Å². The van der Waals surface area contributed by atoms with Crippen LogP contribution in [0.25, 0.3) is 11.3 Å². The van der Waals surface area contributed by atoms with Crippen molar-refractivity contribution in [3.05, 3.63) is 81.0 Å². The molecule has 1 aromatic carbocycles. The normalized spacial score (nSPS) is 14.5. The molecule has 3 amide bonds. The number of thiophene rings is 1. The van der Waals surface area contributed by atoms with E-state index in [0.717, 1.165) is 12.1 Å². The fourth-order valence-electron chi connectivity index (χ4n) is 2.97. The number of primary amides is 1. The van der Waals surface area contributed by atoms with Crippen molar-refractivity contribution in [3.8, 4) is 0 Å². The number of benzene rings is 1. The zero-order valence-corrected chi connectivity index (χ0v) is 16.5. The van der Waals surface area contributed by atoms with Gasteiger partial charge in [-0.2, -0.15) is 0 Å². The van der Waals surface area contributed by atoms with Crippen LogP contribution in [0.3, 0.4) is 0 Å². The molecule has 10 heteroatoms. The van der Waals surface area contributed by atoms with Crippen molar-refractivity contribution < 1.29 is 23.5 Å². The number of fused-ring (bicyclic) bond motifs is 1. The Morgan fingerprint density at radius 2 is 1.93 bits per heavy atom. The van der Waals surface area contributed by atoms with E-state index in [1.165, 1.54) is 35.9 Å². The molecule has 0 saturated heterocycles. The first-order valence-corrected chi connectivity index (χ1v) is 9.68. The number of nitrogens with two attached hydrogens (primary N) is 1. The van der Waals surface area contributed by atoms with Crippen molar-refractivity contribution in [3.63, 3.8) is 0 Å². The third-order valence-corrected chi connectivity index (χ3v) is 5.43. The Bertz CT molecular complexity index is 1210. The van der Waals surface area contributed by atoms with Gasteiger partial charge in [0.05, 0.1) is 26.7 Å². The highest BCUT2D eigenvalue weighted by Gasteiger charge is 2.40. The van der Waals surface area contributed by atoms with Gasteiger partial charge in [-0.3, -0.25) is 9.78 Å². The number of carbonyl (C=O) groups excluding carboxylic acids is 3. The van der Waals surface area contributed by atoms with E-state index in [9.17, 15) is 18.8 Å². The molecular weight excluding hydrogens is 433 g/mol. The van der Waals surface area contributed by atoms with Crippen molar-refractivity contribution in [1.29, 1.82) is 0 Å². The predicted molar refractivity (Wildman–Crippen MR) is 109 cm³/mol. The lowest BCUT2D eigenvalue weighted by atomic mass is 10.0. The smallest absolute Gasteiger partial charge is 0.343 e. The molecule has 3 heterocycles. The molecule has 2 aromatic heterocycles. The summed E-state index contributed by atoms with van der Waals surface area (Å²) in [5.74, 6) is -2.54. The summed E-state index contributed by atoms with van der Waals surface area (Å²) >= 11 is 7.03. The van der Waals surface area contributed by atoms with Crippen LogP contribution >= 0.6 is 22.9 Å². The molecule has 2 N–H and O–H groups in total. The quantitative estimate of drug-likeness (QED) is 0.373. The van der Waals surface area contributed by atoms with Crippen LogP contribution in [0.4, 0.5) is 14.9 Å². The molecule has 150 valence electrons. The third-order valence-electron chi connectivity index (χ3n) is 4.27. The zero-order valence-electron chi connectivity index (χ0n) is 15.0. The van der Waals surface area contributed by atoms with Crippen LogP contribution in [0.1, 0.15) is 20.8 Å². The first-order valence-electron chi connectivity index (χ1n) is 8.42. The second kappa shape index (κ2) is 7.69. The van der Waals surface area contributed by atoms with Crippen molar-refractivity contribution >= 4 is 57.9 Å². The number of amides is 3. The molecule has 1 aliphatic rings. The summed E-state index contributed by atoms with van der Waals surface area (Å²) in [5.41, 5.74) is 5.41. The monoisotopic (exact) mass is 443 g/mol. The van der Waals surface area contributed by atoms with E-state index in [0.29, 0.717) is 9.78 Å². The Hall–Kier alpha value is -3.56. The molecule has 30 heavy (non-hydrogen) atoms. The number of hydrogen-bond donors (Lipinski definition) is 1. The Balaban J connectivity index is 1.94. The fraction of sp³-hybridized carbons (Fsp3) is 0. The Morgan fingerprint density at radius 3 is 2.57 bits per heavy atom. The molecule has 0 aliphatic carbocycles. The minimum atomic E-state index is -1.08. The fourth-order valence-corrected chi connectivity index (χ4v) is 3.84. The molecule has 4 rings (SSSR count). The van der Waals surface area contributed by atoms with Crippen molar-refractivity contribution in [2.75, 3.05) is 4.90 Å². The lowest BCUT2D eigenvalue weighted by molar-refractivity contribution is -0.112. The molecule has 0 unspecified atom stereocenters. The lowest BCUT2D eigenvalue weighted by Gasteiger charge is -2.12. The van der Waals surface area contributed by atoms with Crippen LogP contribution in [0, 0.1) is 5.82 Å². The number of imide groups is 1. The number of carbonyl (C=O) groups is 3. The second-order valence-electron chi connectivity index (χ2n) is 6.07. The highest BCUT2D eigenvalue weighted by Crippen LogP contribution is 2.44. The van der Waals surface area contributed by atoms with E-state index in [1.807, 2.05) is 0 Å². The van der Waals surface area contributed by atoms with E-state index >= 15 is 0 Å². The number of esters is 1. The molecule has 0 saturated carbocycles. The number of rotatable bonds is 3. The number of anilines is 1. The van der Waals surface area contributed by atoms with E-state index in [1.54, 1.807) is 17.5 Å². The molecule has 0 radical (unpaired) electrons. The Morgan fingerprint density at radius 1 is 1.20 bits per heavy atom. The largest absolute Gasteiger partial charge is 0.421 e. The van der Waals surface area contributed by atoms with Crippen LogP contribution in [0.2, 0.25) is 5.02 Å². The number of ether oxygens (including phenoxy) is 1. The number of aromatic nitrogens is 1. The van der Waals surface area contributed by atoms with Gasteiger partial charge in [0.2, 0.25) is 0 Å². The van der Waals surface area contributed by atoms with E-state index in [4.69, 9.17) is 22.1 Å². The molecule has 0 atom stereocenters. The molecule has 3 aromatic rings. The third kappa shape index (κ3) is 3.34. The molecular formula is C20H11ClFN3O4S. The van der Waals surface area contributed by atoms with Gasteiger partial charge in [0.1, 0.15) is 5.82 Å². The SMILES string of the molecule is NC(=O)N1C(=O)/C(=C(\OC(=O)c2ccncc2)c2cccs2)c2cc(F)c(Cl)cc21. The van der Waals surface area contributed by atoms with Gasteiger partial charge in [-0.1, -0.05) is 17.7 Å². The number of pyridine rings is 1. The number of urea groups is 1. The first-order chi connectivity index (χ1) is 14.4. The maximum Gasteiger partial charge on any atom is 0.343 e. The maximum atomic E-state index is 14.2. The van der Waals surface area contributed by atoms with Crippen molar-refractivity contribution in [2.45, 2.75) is 0 Å². The van der Waals surface area contributed by atoms with Crippen LogP contribution in [-0.4, -0.2) is 22.9 Å². The maximum absolute atomic E-state index is 14.2. The Kier molecular flexibility index (Phi) is 5.06. The van der Waals surface area contributed by atoms with Crippen LogP contribution in [-0.2, 0) is 9.53 Å². The van der Waals surface area contributed by atoms with Crippen LogP contribution in [0.15, 0.2) is 54.2 Å². The van der Waals surface area contributed by atoms with Gasteiger partial charge >= 0.3 is 12.0 Å². The second-order valence-corrected chi connectivity index (χ2v) is 7.42. The summed E-state index contributed by atoms with van der Waals surface area (Å²) in [7, 11) is 0. The van der Waals surface area contributed by atoms with Gasteiger partial charge in [-0.15, -0.1) is 11.3 Å². The highest BCUT2D eigenvalue weighted by atomic mass is 35.5. The van der Waals surface area contributed by atoms with Gasteiger partial charge < -0.3 is 10.5 Å². The van der Waals surface area contributed by atoms with Gasteiger partial charge in [0.25, 0.3) is 5.91 Å². The van der Waals surface area contributed by atoms with Crippen molar-refractivity contribution in [1.82, 2.24) is 4.98 Å². The number of nitrogens with zero attached hydrogens (tertiary/aromatic N) is 2.